The minimum atomic E-state index is -0.532. The standard InChI is InChI=1S/C19H27N3O3/c1-25-14-19(9-11-20-12-10-19)18(24)21-16-8-5-13-22(17(16)23)15-6-3-2-4-7-15/h2-4,6-7,16,20H,5,8-14H2,1H3,(H,21,24). The summed E-state index contributed by atoms with van der Waals surface area (Å²) in [5.74, 6) is -0.0728. The van der Waals surface area contributed by atoms with E-state index in [-0.39, 0.29) is 11.8 Å². The normalized spacial score (nSPS) is 23.3. The summed E-state index contributed by atoms with van der Waals surface area (Å²) < 4.78 is 5.33. The molecule has 2 heterocycles. The van der Waals surface area contributed by atoms with Crippen molar-refractivity contribution < 1.29 is 14.3 Å². The van der Waals surface area contributed by atoms with Crippen LogP contribution >= 0.6 is 0 Å². The molecule has 2 aliphatic heterocycles. The molecule has 0 aliphatic carbocycles. The van der Waals surface area contributed by atoms with E-state index in [9.17, 15) is 9.59 Å². The van der Waals surface area contributed by atoms with Crippen LogP contribution in [0.4, 0.5) is 5.69 Å². The van der Waals surface area contributed by atoms with Crippen LogP contribution in [-0.2, 0) is 14.3 Å². The second-order valence-corrected chi connectivity index (χ2v) is 6.96. The summed E-state index contributed by atoms with van der Waals surface area (Å²) in [6, 6.07) is 9.19. The summed E-state index contributed by atoms with van der Waals surface area (Å²) in [6.07, 6.45) is 3.03. The maximum Gasteiger partial charge on any atom is 0.249 e. The average molecular weight is 345 g/mol. The number of nitrogens with zero attached hydrogens (tertiary/aromatic N) is 1. The van der Waals surface area contributed by atoms with Gasteiger partial charge in [-0.25, -0.2) is 0 Å². The van der Waals surface area contributed by atoms with E-state index in [1.165, 1.54) is 0 Å². The van der Waals surface area contributed by atoms with Crippen LogP contribution in [0, 0.1) is 5.41 Å². The van der Waals surface area contributed by atoms with Crippen molar-refractivity contribution in [2.75, 3.05) is 38.3 Å². The number of rotatable bonds is 5. The van der Waals surface area contributed by atoms with Gasteiger partial charge in [0.2, 0.25) is 11.8 Å². The molecular weight excluding hydrogens is 318 g/mol. The number of anilines is 1. The van der Waals surface area contributed by atoms with E-state index in [0.717, 1.165) is 38.0 Å². The second-order valence-electron chi connectivity index (χ2n) is 6.96. The van der Waals surface area contributed by atoms with Gasteiger partial charge in [-0.1, -0.05) is 18.2 Å². The highest BCUT2D eigenvalue weighted by molar-refractivity contribution is 6.00. The Bertz CT molecular complexity index is 594. The lowest BCUT2D eigenvalue weighted by Gasteiger charge is -2.38. The molecule has 2 fully saturated rings. The van der Waals surface area contributed by atoms with E-state index < -0.39 is 11.5 Å². The predicted molar refractivity (Wildman–Crippen MR) is 96.4 cm³/mol. The molecule has 0 spiro atoms. The number of piperidine rings is 2. The summed E-state index contributed by atoms with van der Waals surface area (Å²) in [7, 11) is 1.62. The Balaban J connectivity index is 1.70. The van der Waals surface area contributed by atoms with Crippen molar-refractivity contribution in [1.82, 2.24) is 10.6 Å². The molecule has 2 N–H and O–H groups in total. The van der Waals surface area contributed by atoms with Gasteiger partial charge in [-0.3, -0.25) is 9.59 Å². The molecule has 6 nitrogen and oxygen atoms in total. The van der Waals surface area contributed by atoms with Crippen LogP contribution in [0.2, 0.25) is 0 Å². The Morgan fingerprint density at radius 3 is 2.72 bits per heavy atom. The summed E-state index contributed by atoms with van der Waals surface area (Å²) in [6.45, 7) is 2.68. The van der Waals surface area contributed by atoms with Crippen LogP contribution in [0.25, 0.3) is 0 Å². The van der Waals surface area contributed by atoms with Gasteiger partial charge in [0.05, 0.1) is 12.0 Å². The van der Waals surface area contributed by atoms with Crippen molar-refractivity contribution in [2.24, 2.45) is 5.41 Å². The molecule has 0 radical (unpaired) electrons. The zero-order valence-electron chi connectivity index (χ0n) is 14.8. The first-order chi connectivity index (χ1) is 12.2. The first kappa shape index (κ1) is 17.9. The molecule has 1 aromatic carbocycles. The highest BCUT2D eigenvalue weighted by Gasteiger charge is 2.42. The number of amides is 2. The number of methoxy groups -OCH3 is 1. The Kier molecular flexibility index (Phi) is 5.71. The maximum atomic E-state index is 13.0. The fraction of sp³-hybridized carbons (Fsp3) is 0.579. The predicted octanol–water partition coefficient (Wildman–Crippen LogP) is 1.31. The van der Waals surface area contributed by atoms with Crippen molar-refractivity contribution >= 4 is 17.5 Å². The number of para-hydroxylation sites is 1. The number of hydrogen-bond donors (Lipinski definition) is 2. The van der Waals surface area contributed by atoms with E-state index in [0.29, 0.717) is 19.6 Å². The summed E-state index contributed by atoms with van der Waals surface area (Å²) in [4.78, 5) is 27.6. The van der Waals surface area contributed by atoms with Gasteiger partial charge in [0, 0.05) is 19.3 Å². The summed E-state index contributed by atoms with van der Waals surface area (Å²) in [5, 5.41) is 6.31. The zero-order valence-corrected chi connectivity index (χ0v) is 14.8. The number of carbonyl (C=O) groups excluding carboxylic acids is 2. The molecule has 1 atom stereocenters. The van der Waals surface area contributed by atoms with Gasteiger partial charge in [0.15, 0.2) is 0 Å². The summed E-state index contributed by atoms with van der Waals surface area (Å²) in [5.41, 5.74) is 0.356. The highest BCUT2D eigenvalue weighted by atomic mass is 16.5. The molecule has 0 saturated carbocycles. The first-order valence-corrected chi connectivity index (χ1v) is 9.03. The van der Waals surface area contributed by atoms with Crippen molar-refractivity contribution in [3.8, 4) is 0 Å². The van der Waals surface area contributed by atoms with Crippen molar-refractivity contribution in [2.45, 2.75) is 31.7 Å². The van der Waals surface area contributed by atoms with Crippen LogP contribution in [0.1, 0.15) is 25.7 Å². The summed E-state index contributed by atoms with van der Waals surface area (Å²) >= 11 is 0. The third-order valence-corrected chi connectivity index (χ3v) is 5.27. The molecule has 25 heavy (non-hydrogen) atoms. The van der Waals surface area contributed by atoms with Crippen LogP contribution in [0.5, 0.6) is 0 Å². The average Bonchev–Trinajstić information content (AvgIpc) is 2.65. The van der Waals surface area contributed by atoms with Gasteiger partial charge < -0.3 is 20.3 Å². The number of benzene rings is 1. The lowest BCUT2D eigenvalue weighted by Crippen LogP contribution is -2.57. The van der Waals surface area contributed by atoms with Crippen molar-refractivity contribution in [1.29, 1.82) is 0 Å². The molecule has 2 aliphatic rings. The third-order valence-electron chi connectivity index (χ3n) is 5.27. The molecule has 1 aromatic rings. The number of hydrogen-bond acceptors (Lipinski definition) is 4. The molecule has 3 rings (SSSR count). The van der Waals surface area contributed by atoms with E-state index >= 15 is 0 Å². The van der Waals surface area contributed by atoms with Gasteiger partial charge >= 0.3 is 0 Å². The van der Waals surface area contributed by atoms with Gasteiger partial charge in [-0.05, 0) is 50.9 Å². The maximum absolute atomic E-state index is 13.0. The molecule has 0 aromatic heterocycles. The largest absolute Gasteiger partial charge is 0.384 e. The second kappa shape index (κ2) is 7.97. The minimum Gasteiger partial charge on any atom is -0.384 e. The van der Waals surface area contributed by atoms with E-state index in [1.807, 2.05) is 30.3 Å². The molecule has 1 unspecified atom stereocenters. The van der Waals surface area contributed by atoms with Crippen LogP contribution in [0.3, 0.4) is 0 Å². The Labute approximate surface area is 148 Å². The van der Waals surface area contributed by atoms with Crippen LogP contribution in [0.15, 0.2) is 30.3 Å². The minimum absolute atomic E-state index is 0.0210. The Morgan fingerprint density at radius 2 is 2.04 bits per heavy atom. The highest BCUT2D eigenvalue weighted by Crippen LogP contribution is 2.30. The topological polar surface area (TPSA) is 70.7 Å². The molecular formula is C19H27N3O3. The fourth-order valence-corrected chi connectivity index (χ4v) is 3.80. The quantitative estimate of drug-likeness (QED) is 0.844. The number of nitrogens with one attached hydrogen (secondary N) is 2. The zero-order chi connectivity index (χ0) is 17.7. The van der Waals surface area contributed by atoms with Gasteiger partial charge in [0.25, 0.3) is 0 Å². The number of ether oxygens (including phenoxy) is 1. The molecule has 0 bridgehead atoms. The van der Waals surface area contributed by atoms with E-state index in [4.69, 9.17) is 4.74 Å². The molecule has 2 amide bonds. The smallest absolute Gasteiger partial charge is 0.249 e. The Morgan fingerprint density at radius 1 is 1.32 bits per heavy atom. The lowest BCUT2D eigenvalue weighted by atomic mass is 9.78. The van der Waals surface area contributed by atoms with Crippen molar-refractivity contribution in [3.05, 3.63) is 30.3 Å². The monoisotopic (exact) mass is 345 g/mol. The van der Waals surface area contributed by atoms with E-state index in [2.05, 4.69) is 10.6 Å². The SMILES string of the molecule is COCC1(C(=O)NC2CCCN(c3ccccc3)C2=O)CCNCC1. The molecule has 2 saturated heterocycles. The number of carbonyl (C=O) groups is 2. The molecule has 6 heteroatoms. The van der Waals surface area contributed by atoms with Crippen LogP contribution in [-0.4, -0.2) is 51.2 Å². The third kappa shape index (κ3) is 3.85. The fourth-order valence-electron chi connectivity index (χ4n) is 3.80. The van der Waals surface area contributed by atoms with E-state index in [1.54, 1.807) is 12.0 Å². The van der Waals surface area contributed by atoms with Gasteiger partial charge in [0.1, 0.15) is 6.04 Å². The van der Waals surface area contributed by atoms with Crippen LogP contribution < -0.4 is 15.5 Å². The Hall–Kier alpha value is -1.92. The lowest BCUT2D eigenvalue weighted by molar-refractivity contribution is -0.139. The van der Waals surface area contributed by atoms with Gasteiger partial charge in [-0.2, -0.15) is 0 Å². The van der Waals surface area contributed by atoms with Crippen molar-refractivity contribution in [3.63, 3.8) is 0 Å². The first-order valence-electron chi connectivity index (χ1n) is 9.03. The molecule has 136 valence electrons. The van der Waals surface area contributed by atoms with Gasteiger partial charge in [-0.15, -0.1) is 0 Å².